The van der Waals surface area contributed by atoms with Gasteiger partial charge in [-0.2, -0.15) is 0 Å². The number of aliphatic hydroxyl groups excluding tert-OH is 1. The molecule has 0 bridgehead atoms. The van der Waals surface area contributed by atoms with Crippen LogP contribution in [0.1, 0.15) is 0 Å². The first-order valence-electron chi connectivity index (χ1n) is 6.29. The van der Waals surface area contributed by atoms with Gasteiger partial charge < -0.3 is 25.2 Å². The predicted octanol–water partition coefficient (Wildman–Crippen LogP) is 1.16. The lowest BCUT2D eigenvalue weighted by Crippen LogP contribution is -2.37. The summed E-state index contributed by atoms with van der Waals surface area (Å²) in [6, 6.07) is 6.01. The van der Waals surface area contributed by atoms with Gasteiger partial charge in [-0.05, 0) is 12.1 Å². The molecule has 0 atom stereocenters. The Balaban J connectivity index is 2.68. The third kappa shape index (κ3) is 5.96. The van der Waals surface area contributed by atoms with Crippen LogP contribution in [0.15, 0.2) is 36.9 Å². The molecule has 3 N–H and O–H groups in total. The smallest absolute Gasteiger partial charge is 0.341 e. The lowest BCUT2D eigenvalue weighted by atomic mass is 10.3. The van der Waals surface area contributed by atoms with Crippen molar-refractivity contribution in [3.63, 3.8) is 0 Å². The Hall–Kier alpha value is -2.54. The number of amides is 2. The number of carboxylic acid groups (broad SMARTS) is 1. The molecular formula is C14H18N2O5. The normalized spacial score (nSPS) is 9.76. The molecule has 7 heteroatoms. The molecule has 1 aromatic rings. The maximum absolute atomic E-state index is 12.0. The average Bonchev–Trinajstić information content (AvgIpc) is 2.45. The van der Waals surface area contributed by atoms with Gasteiger partial charge in [0.1, 0.15) is 5.75 Å². The summed E-state index contributed by atoms with van der Waals surface area (Å²) in [5.41, 5.74) is 0.467. The highest BCUT2D eigenvalue weighted by molar-refractivity contribution is 5.89. The summed E-state index contributed by atoms with van der Waals surface area (Å²) in [6.45, 7) is 3.44. The number of hydrogen-bond donors (Lipinski definition) is 3. The fourth-order valence-electron chi connectivity index (χ4n) is 1.56. The van der Waals surface area contributed by atoms with Crippen molar-refractivity contribution >= 4 is 17.7 Å². The van der Waals surface area contributed by atoms with Gasteiger partial charge in [0.15, 0.2) is 6.61 Å². The number of rotatable bonds is 8. The summed E-state index contributed by atoms with van der Waals surface area (Å²) in [6.07, 6.45) is 1.56. The van der Waals surface area contributed by atoms with E-state index in [1.807, 2.05) is 0 Å². The first-order chi connectivity index (χ1) is 10.1. The third-order valence-corrected chi connectivity index (χ3v) is 2.45. The number of hydrogen-bond acceptors (Lipinski definition) is 4. The number of nitrogens with zero attached hydrogens (tertiary/aromatic N) is 1. The Bertz CT molecular complexity index is 504. The van der Waals surface area contributed by atoms with Crippen molar-refractivity contribution in [3.8, 4) is 5.75 Å². The molecule has 0 spiro atoms. The number of anilines is 1. The van der Waals surface area contributed by atoms with Gasteiger partial charge in [0, 0.05) is 24.8 Å². The molecule has 0 aliphatic heterocycles. The highest BCUT2D eigenvalue weighted by Gasteiger charge is 2.11. The monoisotopic (exact) mass is 294 g/mol. The Morgan fingerprint density at radius 2 is 2.19 bits per heavy atom. The van der Waals surface area contributed by atoms with Gasteiger partial charge in [-0.25, -0.2) is 9.59 Å². The van der Waals surface area contributed by atoms with Crippen LogP contribution in [0.2, 0.25) is 0 Å². The second-order valence-corrected chi connectivity index (χ2v) is 4.10. The molecule has 1 aromatic carbocycles. The molecule has 1 rings (SSSR count). The van der Waals surface area contributed by atoms with Gasteiger partial charge in [-0.3, -0.25) is 0 Å². The summed E-state index contributed by atoms with van der Waals surface area (Å²) in [4.78, 5) is 23.8. The van der Waals surface area contributed by atoms with Crippen LogP contribution >= 0.6 is 0 Å². The van der Waals surface area contributed by atoms with Gasteiger partial charge in [0.05, 0.1) is 6.61 Å². The zero-order chi connectivity index (χ0) is 15.7. The quantitative estimate of drug-likeness (QED) is 0.625. The van der Waals surface area contributed by atoms with Crippen molar-refractivity contribution in [2.24, 2.45) is 0 Å². The molecule has 114 valence electrons. The minimum absolute atomic E-state index is 0.150. The lowest BCUT2D eigenvalue weighted by Gasteiger charge is -2.20. The van der Waals surface area contributed by atoms with Crippen molar-refractivity contribution in [2.45, 2.75) is 0 Å². The SMILES string of the molecule is C=CCN(CCO)C(=O)Nc1cccc(OCC(=O)O)c1. The average molecular weight is 294 g/mol. The molecule has 7 nitrogen and oxygen atoms in total. The van der Waals surface area contributed by atoms with E-state index in [0.717, 1.165) is 0 Å². The number of carbonyl (C=O) groups excluding carboxylic acids is 1. The summed E-state index contributed by atoms with van der Waals surface area (Å²) < 4.78 is 5.02. The fourth-order valence-corrected chi connectivity index (χ4v) is 1.56. The minimum atomic E-state index is -1.08. The highest BCUT2D eigenvalue weighted by atomic mass is 16.5. The Kier molecular flexibility index (Phi) is 6.76. The van der Waals surface area contributed by atoms with Crippen molar-refractivity contribution in [2.75, 3.05) is 31.6 Å². The zero-order valence-electron chi connectivity index (χ0n) is 11.5. The van der Waals surface area contributed by atoms with E-state index in [1.165, 1.54) is 11.0 Å². The zero-order valence-corrected chi connectivity index (χ0v) is 11.5. The molecule has 0 aromatic heterocycles. The molecule has 0 unspecified atom stereocenters. The second kappa shape index (κ2) is 8.60. The van der Waals surface area contributed by atoms with E-state index in [9.17, 15) is 9.59 Å². The number of aliphatic carboxylic acids is 1. The van der Waals surface area contributed by atoms with Gasteiger partial charge >= 0.3 is 12.0 Å². The van der Waals surface area contributed by atoms with E-state index in [4.69, 9.17) is 14.9 Å². The van der Waals surface area contributed by atoms with Crippen LogP contribution in [-0.2, 0) is 4.79 Å². The Morgan fingerprint density at radius 3 is 2.81 bits per heavy atom. The van der Waals surface area contributed by atoms with Gasteiger partial charge in [-0.15, -0.1) is 6.58 Å². The summed E-state index contributed by atoms with van der Waals surface area (Å²) >= 11 is 0. The van der Waals surface area contributed by atoms with Crippen LogP contribution in [0.5, 0.6) is 5.75 Å². The number of carboxylic acids is 1. The molecule has 0 heterocycles. The van der Waals surface area contributed by atoms with E-state index >= 15 is 0 Å². The second-order valence-electron chi connectivity index (χ2n) is 4.10. The molecule has 21 heavy (non-hydrogen) atoms. The highest BCUT2D eigenvalue weighted by Crippen LogP contribution is 2.17. The number of urea groups is 1. The predicted molar refractivity (Wildman–Crippen MR) is 77.4 cm³/mol. The lowest BCUT2D eigenvalue weighted by molar-refractivity contribution is -0.139. The molecule has 0 aliphatic rings. The van der Waals surface area contributed by atoms with Crippen molar-refractivity contribution < 1.29 is 24.5 Å². The molecular weight excluding hydrogens is 276 g/mol. The van der Waals surface area contributed by atoms with Crippen LogP contribution in [-0.4, -0.2) is 53.4 Å². The Morgan fingerprint density at radius 1 is 1.43 bits per heavy atom. The number of aliphatic hydroxyl groups is 1. The molecule has 0 saturated carbocycles. The van der Waals surface area contributed by atoms with Crippen LogP contribution in [0.25, 0.3) is 0 Å². The maximum atomic E-state index is 12.0. The van der Waals surface area contributed by atoms with Gasteiger partial charge in [-0.1, -0.05) is 12.1 Å². The third-order valence-electron chi connectivity index (χ3n) is 2.45. The van der Waals surface area contributed by atoms with E-state index in [-0.39, 0.29) is 19.2 Å². The molecule has 0 saturated heterocycles. The summed E-state index contributed by atoms with van der Waals surface area (Å²) in [7, 11) is 0. The van der Waals surface area contributed by atoms with Gasteiger partial charge in [0.25, 0.3) is 0 Å². The minimum Gasteiger partial charge on any atom is -0.482 e. The molecule has 0 radical (unpaired) electrons. The standard InChI is InChI=1S/C14H18N2O5/c1-2-6-16(7-8-17)14(20)15-11-4-3-5-12(9-11)21-10-13(18)19/h2-5,9,17H,1,6-8,10H2,(H,15,20)(H,18,19). The van der Waals surface area contributed by atoms with Crippen LogP contribution in [0, 0.1) is 0 Å². The number of ether oxygens (including phenoxy) is 1. The summed E-state index contributed by atoms with van der Waals surface area (Å²) in [5, 5.41) is 20.1. The van der Waals surface area contributed by atoms with E-state index in [2.05, 4.69) is 11.9 Å². The van der Waals surface area contributed by atoms with Crippen molar-refractivity contribution in [1.29, 1.82) is 0 Å². The maximum Gasteiger partial charge on any atom is 0.341 e. The van der Waals surface area contributed by atoms with Crippen LogP contribution in [0.4, 0.5) is 10.5 Å². The first kappa shape index (κ1) is 16.5. The largest absolute Gasteiger partial charge is 0.482 e. The van der Waals surface area contributed by atoms with E-state index < -0.39 is 12.6 Å². The van der Waals surface area contributed by atoms with E-state index in [1.54, 1.807) is 24.3 Å². The van der Waals surface area contributed by atoms with Crippen molar-refractivity contribution in [3.05, 3.63) is 36.9 Å². The van der Waals surface area contributed by atoms with Crippen LogP contribution in [0.3, 0.4) is 0 Å². The van der Waals surface area contributed by atoms with E-state index in [0.29, 0.717) is 18.0 Å². The van der Waals surface area contributed by atoms with Gasteiger partial charge in [0.2, 0.25) is 0 Å². The fraction of sp³-hybridized carbons (Fsp3) is 0.286. The first-order valence-corrected chi connectivity index (χ1v) is 6.29. The molecule has 0 fully saturated rings. The summed E-state index contributed by atoms with van der Waals surface area (Å²) in [5.74, 6) is -0.739. The van der Waals surface area contributed by atoms with Crippen molar-refractivity contribution in [1.82, 2.24) is 4.90 Å². The number of carbonyl (C=O) groups is 2. The molecule has 2 amide bonds. The number of nitrogens with one attached hydrogen (secondary N) is 1. The number of benzene rings is 1. The van der Waals surface area contributed by atoms with Crippen LogP contribution < -0.4 is 10.1 Å². The topological polar surface area (TPSA) is 99.1 Å². The molecule has 0 aliphatic carbocycles. The Labute approximate surface area is 122 Å².